The molecule has 7 nitrogen and oxygen atoms in total. The summed E-state index contributed by atoms with van der Waals surface area (Å²) >= 11 is 0. The van der Waals surface area contributed by atoms with Crippen LogP contribution in [0.2, 0.25) is 0 Å². The molecule has 1 N–H and O–H groups in total. The van der Waals surface area contributed by atoms with Crippen molar-refractivity contribution < 1.29 is 14.3 Å². The first kappa shape index (κ1) is 18.4. The monoisotopic (exact) mass is 402 g/mol. The van der Waals surface area contributed by atoms with Gasteiger partial charge in [0.2, 0.25) is 0 Å². The number of para-hydroxylation sites is 3. The second kappa shape index (κ2) is 7.33. The van der Waals surface area contributed by atoms with Gasteiger partial charge in [-0.3, -0.25) is 14.5 Å². The minimum atomic E-state index is -0.773. The van der Waals surface area contributed by atoms with E-state index in [0.29, 0.717) is 23.0 Å². The molecule has 1 fully saturated rings. The molecule has 30 heavy (non-hydrogen) atoms. The van der Waals surface area contributed by atoms with Crippen LogP contribution in [0.25, 0.3) is 5.69 Å². The van der Waals surface area contributed by atoms with Crippen molar-refractivity contribution in [3.8, 4) is 11.4 Å². The Morgan fingerprint density at radius 3 is 2.53 bits per heavy atom. The van der Waals surface area contributed by atoms with Gasteiger partial charge in [-0.1, -0.05) is 30.3 Å². The van der Waals surface area contributed by atoms with Crippen LogP contribution in [-0.2, 0) is 4.79 Å². The van der Waals surface area contributed by atoms with Gasteiger partial charge in [0.05, 0.1) is 23.6 Å². The van der Waals surface area contributed by atoms with Crippen molar-refractivity contribution in [3.63, 3.8) is 0 Å². The van der Waals surface area contributed by atoms with Crippen LogP contribution in [0.4, 0.5) is 5.69 Å². The van der Waals surface area contributed by atoms with Gasteiger partial charge in [-0.15, -0.1) is 0 Å². The Hall–Kier alpha value is -3.61. The van der Waals surface area contributed by atoms with Gasteiger partial charge in [0.1, 0.15) is 11.4 Å². The van der Waals surface area contributed by atoms with E-state index in [1.54, 1.807) is 22.7 Å². The van der Waals surface area contributed by atoms with Gasteiger partial charge in [0.25, 0.3) is 11.8 Å². The summed E-state index contributed by atoms with van der Waals surface area (Å²) in [5, 5.41) is 7.35. The second-order valence-electron chi connectivity index (χ2n) is 7.58. The third-order valence-electron chi connectivity index (χ3n) is 5.50. The SMILES string of the molecule is CNC(=O)[C@H]1CN(C(=O)c2cc(C3CC3)nn2-c2ccccc2)c2ccccc2O1. The van der Waals surface area contributed by atoms with Crippen molar-refractivity contribution in [2.24, 2.45) is 0 Å². The Morgan fingerprint density at radius 2 is 1.80 bits per heavy atom. The summed E-state index contributed by atoms with van der Waals surface area (Å²) < 4.78 is 7.55. The number of rotatable bonds is 4. The number of carbonyl (C=O) groups is 2. The molecule has 5 rings (SSSR count). The van der Waals surface area contributed by atoms with E-state index in [4.69, 9.17) is 9.84 Å². The third-order valence-corrected chi connectivity index (χ3v) is 5.50. The van der Waals surface area contributed by atoms with Gasteiger partial charge in [-0.2, -0.15) is 5.10 Å². The van der Waals surface area contributed by atoms with Crippen LogP contribution in [0.1, 0.15) is 34.9 Å². The minimum absolute atomic E-state index is 0.133. The maximum atomic E-state index is 13.7. The fourth-order valence-corrected chi connectivity index (χ4v) is 3.76. The zero-order valence-corrected chi connectivity index (χ0v) is 16.6. The molecule has 0 radical (unpaired) electrons. The molecule has 1 atom stereocenters. The molecule has 2 amide bonds. The standard InChI is InChI=1S/C23H22N4O3/c1-24-22(28)21-14-26(18-9-5-6-10-20(18)30-21)23(29)19-13-17(15-11-12-15)25-27(19)16-7-3-2-4-8-16/h2-10,13,15,21H,11-12,14H2,1H3,(H,24,28)/t21-/m1/s1. The van der Waals surface area contributed by atoms with Crippen molar-refractivity contribution in [2.45, 2.75) is 24.9 Å². The highest BCUT2D eigenvalue weighted by molar-refractivity contribution is 6.07. The summed E-state index contributed by atoms with van der Waals surface area (Å²) in [7, 11) is 1.56. The summed E-state index contributed by atoms with van der Waals surface area (Å²) in [6.45, 7) is 0.133. The van der Waals surface area contributed by atoms with E-state index in [0.717, 1.165) is 24.2 Å². The molecule has 0 bridgehead atoms. The molecule has 0 spiro atoms. The number of benzene rings is 2. The Labute approximate surface area is 174 Å². The molecule has 2 heterocycles. The van der Waals surface area contributed by atoms with Crippen LogP contribution in [0.5, 0.6) is 5.75 Å². The largest absolute Gasteiger partial charge is 0.477 e. The molecule has 0 saturated heterocycles. The number of nitrogens with zero attached hydrogens (tertiary/aromatic N) is 3. The van der Waals surface area contributed by atoms with Crippen LogP contribution in [-0.4, -0.2) is 41.3 Å². The van der Waals surface area contributed by atoms with Gasteiger partial charge >= 0.3 is 0 Å². The van der Waals surface area contributed by atoms with Crippen LogP contribution in [0, 0.1) is 0 Å². The number of aromatic nitrogens is 2. The molecule has 2 aromatic carbocycles. The third kappa shape index (κ3) is 3.22. The Kier molecular flexibility index (Phi) is 4.50. The lowest BCUT2D eigenvalue weighted by Gasteiger charge is -2.34. The van der Waals surface area contributed by atoms with E-state index in [1.165, 1.54) is 0 Å². The van der Waals surface area contributed by atoms with Gasteiger partial charge in [0.15, 0.2) is 6.10 Å². The molecule has 1 saturated carbocycles. The minimum Gasteiger partial charge on any atom is -0.477 e. The van der Waals surface area contributed by atoms with E-state index in [1.807, 2.05) is 54.6 Å². The maximum Gasteiger partial charge on any atom is 0.277 e. The summed E-state index contributed by atoms with van der Waals surface area (Å²) in [6, 6.07) is 18.8. The fourth-order valence-electron chi connectivity index (χ4n) is 3.76. The van der Waals surface area contributed by atoms with Crippen molar-refractivity contribution >= 4 is 17.5 Å². The maximum absolute atomic E-state index is 13.7. The molecule has 1 aromatic heterocycles. The number of likely N-dealkylation sites (N-methyl/N-ethyl adjacent to an activating group) is 1. The van der Waals surface area contributed by atoms with Crippen LogP contribution in [0.3, 0.4) is 0 Å². The number of fused-ring (bicyclic) bond motifs is 1. The van der Waals surface area contributed by atoms with Crippen LogP contribution < -0.4 is 15.0 Å². The summed E-state index contributed by atoms with van der Waals surface area (Å²) in [4.78, 5) is 27.6. The first-order valence-corrected chi connectivity index (χ1v) is 10.1. The Balaban J connectivity index is 1.58. The molecule has 152 valence electrons. The number of ether oxygens (including phenoxy) is 1. The average Bonchev–Trinajstić information content (AvgIpc) is 3.56. The van der Waals surface area contributed by atoms with Gasteiger partial charge in [0, 0.05) is 13.0 Å². The fraction of sp³-hybridized carbons (Fsp3) is 0.261. The van der Waals surface area contributed by atoms with E-state index >= 15 is 0 Å². The summed E-state index contributed by atoms with van der Waals surface area (Å²) in [6.07, 6.45) is 1.42. The summed E-state index contributed by atoms with van der Waals surface area (Å²) in [5.41, 5.74) is 2.90. The first-order valence-electron chi connectivity index (χ1n) is 10.1. The van der Waals surface area contributed by atoms with Crippen molar-refractivity contribution in [1.29, 1.82) is 0 Å². The quantitative estimate of drug-likeness (QED) is 0.728. The molecule has 1 aliphatic carbocycles. The highest BCUT2D eigenvalue weighted by Crippen LogP contribution is 2.40. The van der Waals surface area contributed by atoms with Crippen LogP contribution in [0.15, 0.2) is 60.7 Å². The van der Waals surface area contributed by atoms with Crippen LogP contribution >= 0.6 is 0 Å². The molecule has 3 aromatic rings. The second-order valence-corrected chi connectivity index (χ2v) is 7.58. The molecular weight excluding hydrogens is 380 g/mol. The number of hydrogen-bond donors (Lipinski definition) is 1. The normalized spacial score (nSPS) is 17.8. The first-order chi connectivity index (χ1) is 14.7. The molecule has 1 aliphatic heterocycles. The highest BCUT2D eigenvalue weighted by atomic mass is 16.5. The van der Waals surface area contributed by atoms with E-state index in [2.05, 4.69) is 5.32 Å². The summed E-state index contributed by atoms with van der Waals surface area (Å²) in [5.74, 6) is 0.455. The van der Waals surface area contributed by atoms with Crippen molar-refractivity contribution in [3.05, 3.63) is 72.1 Å². The van der Waals surface area contributed by atoms with E-state index in [9.17, 15) is 9.59 Å². The predicted molar refractivity (Wildman–Crippen MR) is 112 cm³/mol. The molecule has 2 aliphatic rings. The lowest BCUT2D eigenvalue weighted by Crippen LogP contribution is -2.50. The van der Waals surface area contributed by atoms with Gasteiger partial charge in [-0.25, -0.2) is 4.68 Å². The number of anilines is 1. The average molecular weight is 402 g/mol. The Bertz CT molecular complexity index is 1100. The van der Waals surface area contributed by atoms with Crippen molar-refractivity contribution in [1.82, 2.24) is 15.1 Å². The lowest BCUT2D eigenvalue weighted by molar-refractivity contribution is -0.127. The van der Waals surface area contributed by atoms with E-state index < -0.39 is 6.10 Å². The van der Waals surface area contributed by atoms with Gasteiger partial charge < -0.3 is 10.1 Å². The van der Waals surface area contributed by atoms with E-state index in [-0.39, 0.29) is 18.4 Å². The lowest BCUT2D eigenvalue weighted by atomic mass is 10.1. The number of nitrogens with one attached hydrogen (secondary N) is 1. The number of carbonyl (C=O) groups excluding carboxylic acids is 2. The number of hydrogen-bond acceptors (Lipinski definition) is 4. The zero-order valence-electron chi connectivity index (χ0n) is 16.6. The Morgan fingerprint density at radius 1 is 1.07 bits per heavy atom. The number of amides is 2. The van der Waals surface area contributed by atoms with Gasteiger partial charge in [-0.05, 0) is 43.2 Å². The highest BCUT2D eigenvalue weighted by Gasteiger charge is 2.36. The molecular formula is C23H22N4O3. The van der Waals surface area contributed by atoms with Crippen molar-refractivity contribution in [2.75, 3.05) is 18.5 Å². The smallest absolute Gasteiger partial charge is 0.277 e. The molecule has 7 heteroatoms. The topological polar surface area (TPSA) is 76.5 Å². The predicted octanol–water partition coefficient (Wildman–Crippen LogP) is 2.90. The zero-order chi connectivity index (χ0) is 20.7. The molecule has 0 unspecified atom stereocenters.